The van der Waals surface area contributed by atoms with E-state index < -0.39 is 7.12 Å². The van der Waals surface area contributed by atoms with Crippen LogP contribution in [0.25, 0.3) is 5.76 Å². The molecule has 0 unspecified atom stereocenters. The van der Waals surface area contributed by atoms with Crippen molar-refractivity contribution in [3.05, 3.63) is 41.4 Å². The summed E-state index contributed by atoms with van der Waals surface area (Å²) in [6, 6.07) is 7.80. The summed E-state index contributed by atoms with van der Waals surface area (Å²) in [6.07, 6.45) is 0. The van der Waals surface area contributed by atoms with Gasteiger partial charge in [-0.05, 0) is 5.98 Å². The van der Waals surface area contributed by atoms with E-state index in [4.69, 9.17) is 14.0 Å². The third-order valence-corrected chi connectivity index (χ3v) is 3.44. The van der Waals surface area contributed by atoms with Crippen molar-refractivity contribution in [3.63, 3.8) is 0 Å². The van der Waals surface area contributed by atoms with E-state index in [0.717, 1.165) is 16.0 Å². The zero-order valence-corrected chi connectivity index (χ0v) is 11.6. The first-order chi connectivity index (χ1) is 10.1. The number of carbonyl (C=O) groups is 2. The van der Waals surface area contributed by atoms with Crippen molar-refractivity contribution in [1.29, 1.82) is 0 Å². The second kappa shape index (κ2) is 5.71. The van der Waals surface area contributed by atoms with Gasteiger partial charge in [-0.3, -0.25) is 14.5 Å². The number of ether oxygens (including phenoxy) is 1. The van der Waals surface area contributed by atoms with Crippen molar-refractivity contribution in [2.24, 2.45) is 0 Å². The molecule has 2 aliphatic heterocycles. The summed E-state index contributed by atoms with van der Waals surface area (Å²) in [6.45, 7) is 0.0754. The second-order valence-corrected chi connectivity index (χ2v) is 4.81. The topological polar surface area (TPSA) is 65.1 Å². The number of hydrogen-bond acceptors (Lipinski definition) is 5. The van der Waals surface area contributed by atoms with E-state index in [9.17, 15) is 9.59 Å². The number of nitrogens with zero attached hydrogens (tertiary/aromatic N) is 1. The van der Waals surface area contributed by atoms with E-state index >= 15 is 0 Å². The number of carbonyl (C=O) groups excluding carboxylic acids is 2. The van der Waals surface area contributed by atoms with Crippen LogP contribution in [0, 0.1) is 0 Å². The SMILES string of the molecule is CN1C(=O)COB(/C=C2/OCc3ccccc32)OCC1=O. The van der Waals surface area contributed by atoms with Gasteiger partial charge in [-0.2, -0.15) is 0 Å². The lowest BCUT2D eigenvalue weighted by atomic mass is 9.87. The van der Waals surface area contributed by atoms with Gasteiger partial charge in [-0.15, -0.1) is 0 Å². The van der Waals surface area contributed by atoms with Crippen LogP contribution >= 0.6 is 0 Å². The van der Waals surface area contributed by atoms with Gasteiger partial charge in [-0.1, -0.05) is 24.3 Å². The highest BCUT2D eigenvalue weighted by molar-refractivity contribution is 6.52. The predicted octanol–water partition coefficient (Wildman–Crippen LogP) is 0.617. The van der Waals surface area contributed by atoms with E-state index in [1.165, 1.54) is 7.05 Å². The summed E-state index contributed by atoms with van der Waals surface area (Å²) in [7, 11) is 0.625. The number of likely N-dealkylation sites (N-methyl/N-ethyl adjacent to an activating group) is 1. The fourth-order valence-corrected chi connectivity index (χ4v) is 2.17. The summed E-state index contributed by atoms with van der Waals surface area (Å²) >= 11 is 0. The average Bonchev–Trinajstić information content (AvgIpc) is 2.91. The minimum Gasteiger partial charge on any atom is -0.489 e. The van der Waals surface area contributed by atoms with E-state index in [0.29, 0.717) is 12.4 Å². The molecule has 1 aromatic rings. The molecule has 2 aliphatic rings. The third-order valence-electron chi connectivity index (χ3n) is 3.44. The number of benzene rings is 1. The van der Waals surface area contributed by atoms with Gasteiger partial charge in [0.2, 0.25) is 0 Å². The summed E-state index contributed by atoms with van der Waals surface area (Å²) in [5.41, 5.74) is 2.06. The summed E-state index contributed by atoms with van der Waals surface area (Å²) in [4.78, 5) is 24.3. The number of amides is 2. The van der Waals surface area contributed by atoms with Crippen LogP contribution in [0.2, 0.25) is 0 Å². The van der Waals surface area contributed by atoms with Crippen LogP contribution in [-0.4, -0.2) is 44.1 Å². The quantitative estimate of drug-likeness (QED) is 0.559. The molecule has 0 aliphatic carbocycles. The first-order valence-electron chi connectivity index (χ1n) is 6.60. The van der Waals surface area contributed by atoms with Crippen LogP contribution in [0.15, 0.2) is 30.2 Å². The van der Waals surface area contributed by atoms with Crippen molar-refractivity contribution < 1.29 is 23.6 Å². The van der Waals surface area contributed by atoms with Crippen molar-refractivity contribution in [2.75, 3.05) is 20.3 Å². The summed E-state index contributed by atoms with van der Waals surface area (Å²) < 4.78 is 16.3. The Hall–Kier alpha value is -2.12. The summed E-state index contributed by atoms with van der Waals surface area (Å²) in [5, 5.41) is 0. The number of fused-ring (bicyclic) bond motifs is 1. The lowest BCUT2D eigenvalue weighted by molar-refractivity contribution is -0.147. The lowest BCUT2D eigenvalue weighted by Gasteiger charge is -2.21. The standard InChI is InChI=1S/C14H14BNO5/c1-16-13(17)8-20-15(21-9-14(16)18)6-12-11-5-3-2-4-10(11)7-19-12/h2-6H,7-9H2,1H3/b12-6+. The summed E-state index contributed by atoms with van der Waals surface area (Å²) in [5.74, 6) is 1.51. The number of hydrogen-bond donors (Lipinski definition) is 0. The molecule has 0 bridgehead atoms. The molecule has 2 heterocycles. The normalized spacial score (nSPS) is 21.1. The van der Waals surface area contributed by atoms with Crippen molar-refractivity contribution in [1.82, 2.24) is 4.90 Å². The number of rotatable bonds is 1. The van der Waals surface area contributed by atoms with Crippen LogP contribution in [0.4, 0.5) is 0 Å². The molecule has 0 aromatic heterocycles. The molecule has 1 saturated heterocycles. The molecule has 0 spiro atoms. The van der Waals surface area contributed by atoms with E-state index in [1.807, 2.05) is 24.3 Å². The maximum atomic E-state index is 11.6. The average molecular weight is 287 g/mol. The molecular weight excluding hydrogens is 273 g/mol. The first kappa shape index (κ1) is 13.8. The van der Waals surface area contributed by atoms with Gasteiger partial charge in [0.25, 0.3) is 11.8 Å². The van der Waals surface area contributed by atoms with Gasteiger partial charge < -0.3 is 14.0 Å². The largest absolute Gasteiger partial charge is 0.490 e. The van der Waals surface area contributed by atoms with Crippen molar-refractivity contribution in [3.8, 4) is 0 Å². The van der Waals surface area contributed by atoms with Crippen LogP contribution in [-0.2, 0) is 30.2 Å². The molecule has 108 valence electrons. The van der Waals surface area contributed by atoms with Gasteiger partial charge in [-0.25, -0.2) is 0 Å². The molecule has 0 radical (unpaired) electrons. The minimum atomic E-state index is -0.784. The highest BCUT2D eigenvalue weighted by atomic mass is 16.6. The van der Waals surface area contributed by atoms with E-state index in [1.54, 1.807) is 5.98 Å². The molecule has 1 fully saturated rings. The Morgan fingerprint density at radius 2 is 1.76 bits per heavy atom. The monoisotopic (exact) mass is 287 g/mol. The van der Waals surface area contributed by atoms with E-state index in [-0.39, 0.29) is 25.0 Å². The maximum absolute atomic E-state index is 11.6. The predicted molar refractivity (Wildman–Crippen MR) is 74.6 cm³/mol. The zero-order valence-electron chi connectivity index (χ0n) is 11.6. The van der Waals surface area contributed by atoms with Gasteiger partial charge in [0.1, 0.15) is 25.6 Å². The minimum absolute atomic E-state index is 0.210. The highest BCUT2D eigenvalue weighted by Crippen LogP contribution is 2.29. The molecule has 1 aromatic carbocycles. The van der Waals surface area contributed by atoms with Crippen molar-refractivity contribution in [2.45, 2.75) is 6.61 Å². The Kier molecular flexibility index (Phi) is 3.77. The lowest BCUT2D eigenvalue weighted by Crippen LogP contribution is -2.43. The molecule has 21 heavy (non-hydrogen) atoms. The highest BCUT2D eigenvalue weighted by Gasteiger charge is 2.29. The zero-order chi connectivity index (χ0) is 14.8. The molecule has 2 amide bonds. The molecule has 6 nitrogen and oxygen atoms in total. The maximum Gasteiger partial charge on any atom is 0.490 e. The van der Waals surface area contributed by atoms with Crippen molar-refractivity contribution >= 4 is 24.7 Å². The molecule has 7 heteroatoms. The molecule has 0 N–H and O–H groups in total. The van der Waals surface area contributed by atoms with E-state index in [2.05, 4.69) is 0 Å². The second-order valence-electron chi connectivity index (χ2n) is 4.81. The number of imide groups is 1. The Labute approximate surface area is 122 Å². The fraction of sp³-hybridized carbons (Fsp3) is 0.286. The Bertz CT molecular complexity index is 595. The van der Waals surface area contributed by atoms with Gasteiger partial charge in [0, 0.05) is 18.2 Å². The third kappa shape index (κ3) is 2.84. The van der Waals surface area contributed by atoms with Crippen LogP contribution < -0.4 is 0 Å². The smallest absolute Gasteiger partial charge is 0.489 e. The Balaban J connectivity index is 1.77. The van der Waals surface area contributed by atoms with Gasteiger partial charge in [0.15, 0.2) is 0 Å². The Morgan fingerprint density at radius 1 is 1.10 bits per heavy atom. The molecule has 0 saturated carbocycles. The fourth-order valence-electron chi connectivity index (χ4n) is 2.17. The molecular formula is C14H14BNO5. The molecule has 3 rings (SSSR count). The van der Waals surface area contributed by atoms with Crippen LogP contribution in [0.5, 0.6) is 0 Å². The van der Waals surface area contributed by atoms with Gasteiger partial charge in [0.05, 0.1) is 0 Å². The Morgan fingerprint density at radius 3 is 2.48 bits per heavy atom. The van der Waals surface area contributed by atoms with Gasteiger partial charge >= 0.3 is 7.12 Å². The van der Waals surface area contributed by atoms with Crippen LogP contribution in [0.3, 0.4) is 0 Å². The first-order valence-corrected chi connectivity index (χ1v) is 6.60. The molecule has 0 atom stereocenters. The van der Waals surface area contributed by atoms with Crippen LogP contribution in [0.1, 0.15) is 11.1 Å².